The monoisotopic (exact) mass is 257 g/mol. The topological polar surface area (TPSA) is 26.0 Å². The van der Waals surface area contributed by atoms with Crippen LogP contribution in [0.1, 0.15) is 28.9 Å². The number of hydrogen-bond acceptors (Lipinski definition) is 2. The molecule has 18 heavy (non-hydrogen) atoms. The number of thioether (sulfide) groups is 1. The van der Waals surface area contributed by atoms with E-state index in [0.717, 1.165) is 5.69 Å². The summed E-state index contributed by atoms with van der Waals surface area (Å²) in [6.07, 6.45) is 0. The number of nitrogen functional groups attached to an aromatic ring is 1. The van der Waals surface area contributed by atoms with Crippen molar-refractivity contribution in [2.45, 2.75) is 30.9 Å². The first-order valence-electron chi connectivity index (χ1n) is 6.15. The van der Waals surface area contributed by atoms with Crippen LogP contribution in [0.25, 0.3) is 0 Å². The molecule has 0 amide bonds. The van der Waals surface area contributed by atoms with Crippen molar-refractivity contribution in [1.82, 2.24) is 0 Å². The molecule has 0 bridgehead atoms. The third-order valence-electron chi connectivity index (χ3n) is 3.04. The highest BCUT2D eigenvalue weighted by molar-refractivity contribution is 7.99. The van der Waals surface area contributed by atoms with Gasteiger partial charge in [0.2, 0.25) is 0 Å². The quantitative estimate of drug-likeness (QED) is 0.635. The second-order valence-corrected chi connectivity index (χ2v) is 6.08. The van der Waals surface area contributed by atoms with Crippen molar-refractivity contribution >= 4 is 17.4 Å². The Labute approximate surface area is 113 Å². The normalized spacial score (nSPS) is 12.4. The second kappa shape index (κ2) is 5.49. The molecule has 1 unspecified atom stereocenters. The molecule has 0 saturated carbocycles. The Morgan fingerprint density at radius 3 is 2.28 bits per heavy atom. The fourth-order valence-corrected chi connectivity index (χ4v) is 3.02. The smallest absolute Gasteiger partial charge is 0.0316 e. The zero-order valence-corrected chi connectivity index (χ0v) is 11.9. The Kier molecular flexibility index (Phi) is 3.97. The zero-order chi connectivity index (χ0) is 13.1. The van der Waals surface area contributed by atoms with Gasteiger partial charge in [0.05, 0.1) is 0 Å². The Morgan fingerprint density at radius 2 is 1.67 bits per heavy atom. The maximum atomic E-state index is 5.71. The van der Waals surface area contributed by atoms with Crippen LogP contribution in [0.2, 0.25) is 0 Å². The van der Waals surface area contributed by atoms with Crippen LogP contribution in [0.4, 0.5) is 5.69 Å². The van der Waals surface area contributed by atoms with Gasteiger partial charge in [-0.05, 0) is 50.1 Å². The van der Waals surface area contributed by atoms with E-state index in [2.05, 4.69) is 51.1 Å². The van der Waals surface area contributed by atoms with Crippen molar-refractivity contribution in [3.8, 4) is 0 Å². The summed E-state index contributed by atoms with van der Waals surface area (Å²) in [5, 5.41) is 0.437. The van der Waals surface area contributed by atoms with E-state index in [1.54, 1.807) is 0 Å². The minimum Gasteiger partial charge on any atom is -0.399 e. The van der Waals surface area contributed by atoms with Crippen LogP contribution in [-0.2, 0) is 0 Å². The molecule has 0 aliphatic heterocycles. The standard InChI is InChI=1S/C16H19NS/c1-11-4-9-16(12(2)10-11)18-13(3)14-5-7-15(17)8-6-14/h4-10,13H,17H2,1-3H3. The number of nitrogens with two attached hydrogens (primary N) is 1. The Hall–Kier alpha value is -1.41. The highest BCUT2D eigenvalue weighted by Gasteiger charge is 2.09. The predicted octanol–water partition coefficient (Wildman–Crippen LogP) is 4.74. The number of anilines is 1. The molecule has 0 heterocycles. The van der Waals surface area contributed by atoms with Crippen LogP contribution in [0, 0.1) is 13.8 Å². The van der Waals surface area contributed by atoms with Gasteiger partial charge in [0.1, 0.15) is 0 Å². The molecule has 2 heteroatoms. The second-order valence-electron chi connectivity index (χ2n) is 4.70. The van der Waals surface area contributed by atoms with Crippen molar-refractivity contribution in [2.24, 2.45) is 0 Å². The van der Waals surface area contributed by atoms with Crippen LogP contribution in [0.3, 0.4) is 0 Å². The first-order valence-corrected chi connectivity index (χ1v) is 7.03. The lowest BCUT2D eigenvalue weighted by Gasteiger charge is -2.14. The van der Waals surface area contributed by atoms with E-state index in [1.807, 2.05) is 23.9 Å². The minimum absolute atomic E-state index is 0.437. The van der Waals surface area contributed by atoms with Crippen LogP contribution < -0.4 is 5.73 Å². The van der Waals surface area contributed by atoms with Crippen LogP contribution in [0.5, 0.6) is 0 Å². The van der Waals surface area contributed by atoms with Crippen LogP contribution in [-0.4, -0.2) is 0 Å². The Morgan fingerprint density at radius 1 is 1.00 bits per heavy atom. The average molecular weight is 257 g/mol. The maximum Gasteiger partial charge on any atom is 0.0316 e. The van der Waals surface area contributed by atoms with Crippen LogP contribution >= 0.6 is 11.8 Å². The van der Waals surface area contributed by atoms with Gasteiger partial charge in [-0.2, -0.15) is 0 Å². The van der Waals surface area contributed by atoms with Gasteiger partial charge in [0.25, 0.3) is 0 Å². The molecule has 0 aromatic heterocycles. The van der Waals surface area contributed by atoms with Crippen molar-refractivity contribution in [1.29, 1.82) is 0 Å². The fraction of sp³-hybridized carbons (Fsp3) is 0.250. The summed E-state index contributed by atoms with van der Waals surface area (Å²) in [6.45, 7) is 6.53. The van der Waals surface area contributed by atoms with Gasteiger partial charge in [0.15, 0.2) is 0 Å². The number of rotatable bonds is 3. The third kappa shape index (κ3) is 3.08. The molecule has 2 aromatic rings. The lowest BCUT2D eigenvalue weighted by molar-refractivity contribution is 1.09. The summed E-state index contributed by atoms with van der Waals surface area (Å²) in [4.78, 5) is 1.35. The molecule has 94 valence electrons. The van der Waals surface area contributed by atoms with Gasteiger partial charge in [-0.15, -0.1) is 11.8 Å². The van der Waals surface area contributed by atoms with E-state index >= 15 is 0 Å². The molecule has 0 aliphatic carbocycles. The van der Waals surface area contributed by atoms with E-state index in [4.69, 9.17) is 5.73 Å². The molecule has 1 nitrogen and oxygen atoms in total. The van der Waals surface area contributed by atoms with Gasteiger partial charge < -0.3 is 5.73 Å². The third-order valence-corrected chi connectivity index (χ3v) is 4.38. The van der Waals surface area contributed by atoms with Crippen molar-refractivity contribution in [2.75, 3.05) is 5.73 Å². The molecule has 2 rings (SSSR count). The average Bonchev–Trinajstić information content (AvgIpc) is 2.33. The first kappa shape index (κ1) is 13.0. The SMILES string of the molecule is Cc1ccc(SC(C)c2ccc(N)cc2)c(C)c1. The highest BCUT2D eigenvalue weighted by atomic mass is 32.2. The minimum atomic E-state index is 0.437. The Bertz CT molecular complexity index is 531. The lowest BCUT2D eigenvalue weighted by atomic mass is 10.1. The van der Waals surface area contributed by atoms with E-state index in [0.29, 0.717) is 5.25 Å². The van der Waals surface area contributed by atoms with E-state index < -0.39 is 0 Å². The van der Waals surface area contributed by atoms with Crippen molar-refractivity contribution in [3.05, 3.63) is 59.2 Å². The molecule has 0 spiro atoms. The summed E-state index contributed by atoms with van der Waals surface area (Å²) < 4.78 is 0. The van der Waals surface area contributed by atoms with Gasteiger partial charge in [-0.1, -0.05) is 29.8 Å². The van der Waals surface area contributed by atoms with Gasteiger partial charge in [-0.3, -0.25) is 0 Å². The maximum absolute atomic E-state index is 5.71. The number of aryl methyl sites for hydroxylation is 2. The van der Waals surface area contributed by atoms with Gasteiger partial charge in [0, 0.05) is 15.8 Å². The Balaban J connectivity index is 2.15. The number of benzene rings is 2. The molecule has 2 N–H and O–H groups in total. The van der Waals surface area contributed by atoms with E-state index in [1.165, 1.54) is 21.6 Å². The summed E-state index contributed by atoms with van der Waals surface area (Å²) in [5.74, 6) is 0. The number of hydrogen-bond donors (Lipinski definition) is 1. The molecule has 0 fully saturated rings. The molecule has 2 aromatic carbocycles. The molecule has 0 aliphatic rings. The summed E-state index contributed by atoms with van der Waals surface area (Å²) in [7, 11) is 0. The fourth-order valence-electron chi connectivity index (χ4n) is 1.96. The highest BCUT2D eigenvalue weighted by Crippen LogP contribution is 2.36. The molecule has 0 saturated heterocycles. The van der Waals surface area contributed by atoms with E-state index in [-0.39, 0.29) is 0 Å². The molecule has 1 atom stereocenters. The molecular weight excluding hydrogens is 238 g/mol. The van der Waals surface area contributed by atoms with Gasteiger partial charge >= 0.3 is 0 Å². The van der Waals surface area contributed by atoms with Crippen molar-refractivity contribution in [3.63, 3.8) is 0 Å². The van der Waals surface area contributed by atoms with Crippen molar-refractivity contribution < 1.29 is 0 Å². The van der Waals surface area contributed by atoms with Crippen LogP contribution in [0.15, 0.2) is 47.4 Å². The zero-order valence-electron chi connectivity index (χ0n) is 11.1. The lowest BCUT2D eigenvalue weighted by Crippen LogP contribution is -1.91. The molecule has 0 radical (unpaired) electrons. The largest absolute Gasteiger partial charge is 0.399 e. The molecular formula is C16H19NS. The predicted molar refractivity (Wildman–Crippen MR) is 81.0 cm³/mol. The summed E-state index contributed by atoms with van der Waals surface area (Å²) in [5.41, 5.74) is 10.5. The summed E-state index contributed by atoms with van der Waals surface area (Å²) >= 11 is 1.90. The van der Waals surface area contributed by atoms with E-state index in [9.17, 15) is 0 Å². The summed E-state index contributed by atoms with van der Waals surface area (Å²) in [6, 6.07) is 14.8. The van der Waals surface area contributed by atoms with Gasteiger partial charge in [-0.25, -0.2) is 0 Å². The first-order chi connectivity index (χ1) is 8.56.